The van der Waals surface area contributed by atoms with E-state index >= 15 is 0 Å². The highest BCUT2D eigenvalue weighted by atomic mass is 16.5. The van der Waals surface area contributed by atoms with Crippen molar-refractivity contribution in [2.75, 3.05) is 0 Å². The number of benzene rings is 1. The van der Waals surface area contributed by atoms with Crippen molar-refractivity contribution in [2.45, 2.75) is 69.1 Å². The van der Waals surface area contributed by atoms with Gasteiger partial charge in [-0.15, -0.1) is 0 Å². The molecule has 4 nitrogen and oxygen atoms in total. The van der Waals surface area contributed by atoms with Gasteiger partial charge in [0.1, 0.15) is 11.9 Å². The summed E-state index contributed by atoms with van der Waals surface area (Å²) in [5.74, 6) is 0.0466. The number of esters is 1. The number of carbonyl (C=O) groups excluding carboxylic acids is 1. The van der Waals surface area contributed by atoms with Gasteiger partial charge in [0.05, 0.1) is 5.92 Å². The van der Waals surface area contributed by atoms with Crippen LogP contribution >= 0.6 is 0 Å². The van der Waals surface area contributed by atoms with Gasteiger partial charge in [-0.25, -0.2) is 0 Å². The van der Waals surface area contributed by atoms with Crippen molar-refractivity contribution in [2.24, 2.45) is 5.92 Å². The summed E-state index contributed by atoms with van der Waals surface area (Å²) in [4.78, 5) is 13.0. The van der Waals surface area contributed by atoms with Crippen LogP contribution in [0.1, 0.15) is 56.4 Å². The largest absolute Gasteiger partial charge is 0.508 e. The first-order valence-corrected chi connectivity index (χ1v) is 8.97. The van der Waals surface area contributed by atoms with Crippen LogP contribution < -0.4 is 5.32 Å². The van der Waals surface area contributed by atoms with E-state index in [0.717, 1.165) is 44.1 Å². The number of aromatic hydroxyl groups is 1. The molecule has 0 radical (unpaired) electrons. The number of nitrogens with one attached hydrogen (secondary N) is 1. The third kappa shape index (κ3) is 2.85. The maximum Gasteiger partial charge on any atom is 0.314 e. The number of fused-ring (bicyclic) bond motifs is 2. The predicted molar refractivity (Wildman–Crippen MR) is 87.2 cm³/mol. The maximum atomic E-state index is 13.0. The first kappa shape index (κ1) is 15.0. The zero-order chi connectivity index (χ0) is 15.8. The van der Waals surface area contributed by atoms with Crippen LogP contribution in [0.2, 0.25) is 0 Å². The molecule has 2 saturated heterocycles. The molecule has 0 amide bonds. The number of carbonyl (C=O) groups is 1. The molecule has 124 valence electrons. The summed E-state index contributed by atoms with van der Waals surface area (Å²) >= 11 is 0. The Morgan fingerprint density at radius 3 is 2.61 bits per heavy atom. The Bertz CT molecular complexity index is 582. The smallest absolute Gasteiger partial charge is 0.314 e. The highest BCUT2D eigenvalue weighted by Gasteiger charge is 2.43. The van der Waals surface area contributed by atoms with Crippen LogP contribution in [0.4, 0.5) is 0 Å². The van der Waals surface area contributed by atoms with Crippen LogP contribution in [0, 0.1) is 5.92 Å². The van der Waals surface area contributed by atoms with Gasteiger partial charge in [0.25, 0.3) is 0 Å². The van der Waals surface area contributed by atoms with Gasteiger partial charge in [0.15, 0.2) is 0 Å². The van der Waals surface area contributed by atoms with E-state index in [0.29, 0.717) is 18.0 Å². The predicted octanol–water partition coefficient (Wildman–Crippen LogP) is 3.10. The maximum absolute atomic E-state index is 13.0. The molecular formula is C19H25NO3. The van der Waals surface area contributed by atoms with Crippen molar-refractivity contribution < 1.29 is 14.6 Å². The molecule has 4 atom stereocenters. The molecular weight excluding hydrogens is 290 g/mol. The van der Waals surface area contributed by atoms with Gasteiger partial charge < -0.3 is 15.2 Å². The summed E-state index contributed by atoms with van der Waals surface area (Å²) < 4.78 is 5.92. The minimum atomic E-state index is -0.321. The van der Waals surface area contributed by atoms with Gasteiger partial charge in [-0.3, -0.25) is 4.79 Å². The Morgan fingerprint density at radius 1 is 1.17 bits per heavy atom. The Morgan fingerprint density at radius 2 is 1.96 bits per heavy atom. The van der Waals surface area contributed by atoms with Gasteiger partial charge >= 0.3 is 5.97 Å². The number of hydrogen-bond acceptors (Lipinski definition) is 4. The molecule has 1 aromatic carbocycles. The normalized spacial score (nSPS) is 31.4. The van der Waals surface area contributed by atoms with E-state index in [2.05, 4.69) is 5.32 Å². The minimum absolute atomic E-state index is 0.0102. The van der Waals surface area contributed by atoms with Gasteiger partial charge in [-0.2, -0.15) is 0 Å². The van der Waals surface area contributed by atoms with Crippen molar-refractivity contribution in [3.05, 3.63) is 29.8 Å². The monoisotopic (exact) mass is 315 g/mol. The minimum Gasteiger partial charge on any atom is -0.508 e. The fourth-order valence-corrected chi connectivity index (χ4v) is 4.74. The molecule has 3 aliphatic rings. The molecule has 1 aromatic rings. The van der Waals surface area contributed by atoms with Gasteiger partial charge in [-0.1, -0.05) is 31.0 Å². The lowest BCUT2D eigenvalue weighted by Gasteiger charge is -2.27. The van der Waals surface area contributed by atoms with Crippen LogP contribution in [0.25, 0.3) is 0 Å². The van der Waals surface area contributed by atoms with Crippen molar-refractivity contribution in [1.82, 2.24) is 5.32 Å². The number of para-hydroxylation sites is 1. The van der Waals surface area contributed by atoms with Crippen molar-refractivity contribution in [3.63, 3.8) is 0 Å². The van der Waals surface area contributed by atoms with Gasteiger partial charge in [0, 0.05) is 24.1 Å². The third-order valence-corrected chi connectivity index (χ3v) is 5.91. The lowest BCUT2D eigenvalue weighted by Crippen LogP contribution is -2.34. The topological polar surface area (TPSA) is 58.6 Å². The Kier molecular flexibility index (Phi) is 4.02. The number of rotatable bonds is 4. The van der Waals surface area contributed by atoms with Crippen LogP contribution in [0.3, 0.4) is 0 Å². The molecule has 2 N–H and O–H groups in total. The zero-order valence-corrected chi connectivity index (χ0v) is 13.4. The SMILES string of the molecule is O=C(OC1CC2CCC1N2)[C@@H](c1ccccc1O)C1CCCC1. The zero-order valence-electron chi connectivity index (χ0n) is 13.4. The Balaban J connectivity index is 1.55. The first-order chi connectivity index (χ1) is 11.2. The summed E-state index contributed by atoms with van der Waals surface area (Å²) in [6.45, 7) is 0. The molecule has 4 heteroatoms. The standard InChI is InChI=1S/C19H25NO3/c21-16-8-4-3-7-14(16)18(12-5-1-2-6-12)19(22)23-17-11-13-9-10-15(17)20-13/h3-4,7-8,12-13,15,17-18,20-21H,1-2,5-6,9-11H2/t13?,15?,17?,18-/m1/s1. The fraction of sp³-hybridized carbons (Fsp3) is 0.632. The lowest BCUT2D eigenvalue weighted by atomic mass is 9.84. The van der Waals surface area contributed by atoms with Crippen LogP contribution in [-0.2, 0) is 9.53 Å². The number of phenols is 1. The summed E-state index contributed by atoms with van der Waals surface area (Å²) in [5.41, 5.74) is 0.737. The molecule has 3 unspecified atom stereocenters. The summed E-state index contributed by atoms with van der Waals surface area (Å²) in [6, 6.07) is 8.09. The van der Waals surface area contributed by atoms with E-state index in [9.17, 15) is 9.90 Å². The summed E-state index contributed by atoms with van der Waals surface area (Å²) in [6.07, 6.45) is 7.67. The third-order valence-electron chi connectivity index (χ3n) is 5.91. The first-order valence-electron chi connectivity index (χ1n) is 8.97. The molecule has 2 heterocycles. The quantitative estimate of drug-likeness (QED) is 0.838. The van der Waals surface area contributed by atoms with E-state index < -0.39 is 0 Å². The van der Waals surface area contributed by atoms with Crippen LogP contribution in [0.15, 0.2) is 24.3 Å². The van der Waals surface area contributed by atoms with E-state index in [-0.39, 0.29) is 23.7 Å². The van der Waals surface area contributed by atoms with E-state index in [4.69, 9.17) is 4.74 Å². The average molecular weight is 315 g/mol. The van der Waals surface area contributed by atoms with Crippen molar-refractivity contribution in [1.29, 1.82) is 0 Å². The van der Waals surface area contributed by atoms with Crippen LogP contribution in [-0.4, -0.2) is 29.3 Å². The molecule has 23 heavy (non-hydrogen) atoms. The number of hydrogen-bond donors (Lipinski definition) is 2. The molecule has 1 aliphatic carbocycles. The molecule has 2 bridgehead atoms. The average Bonchev–Trinajstić information content (AvgIpc) is 3.27. The second-order valence-electron chi connectivity index (χ2n) is 7.34. The molecule has 4 rings (SSSR count). The number of ether oxygens (including phenoxy) is 1. The van der Waals surface area contributed by atoms with E-state index in [1.807, 2.05) is 12.1 Å². The molecule has 2 aliphatic heterocycles. The summed E-state index contributed by atoms with van der Waals surface area (Å²) in [7, 11) is 0. The van der Waals surface area contributed by atoms with Gasteiger partial charge in [0.2, 0.25) is 0 Å². The molecule has 1 saturated carbocycles. The van der Waals surface area contributed by atoms with Crippen LogP contribution in [0.5, 0.6) is 5.75 Å². The fourth-order valence-electron chi connectivity index (χ4n) is 4.74. The molecule has 3 fully saturated rings. The highest BCUT2D eigenvalue weighted by Crippen LogP contribution is 2.42. The summed E-state index contributed by atoms with van der Waals surface area (Å²) in [5, 5.41) is 13.8. The second kappa shape index (κ2) is 6.16. The second-order valence-corrected chi connectivity index (χ2v) is 7.34. The molecule has 0 spiro atoms. The van der Waals surface area contributed by atoms with E-state index in [1.54, 1.807) is 12.1 Å². The Labute approximate surface area is 137 Å². The van der Waals surface area contributed by atoms with Crippen molar-refractivity contribution in [3.8, 4) is 5.75 Å². The lowest BCUT2D eigenvalue weighted by molar-refractivity contribution is -0.153. The number of phenolic OH excluding ortho intramolecular Hbond substituents is 1. The highest BCUT2D eigenvalue weighted by molar-refractivity contribution is 5.80. The van der Waals surface area contributed by atoms with Crippen molar-refractivity contribution >= 4 is 5.97 Å². The molecule has 0 aromatic heterocycles. The Hall–Kier alpha value is -1.55. The van der Waals surface area contributed by atoms with Gasteiger partial charge in [-0.05, 0) is 37.7 Å². The van der Waals surface area contributed by atoms with E-state index in [1.165, 1.54) is 6.42 Å².